The molecule has 0 aromatic heterocycles. The smallest absolute Gasteiger partial charge is 0.193 e. The van der Waals surface area contributed by atoms with E-state index < -0.39 is 0 Å². The third kappa shape index (κ3) is 3.04. The van der Waals surface area contributed by atoms with Gasteiger partial charge in [0.2, 0.25) is 0 Å². The Morgan fingerprint density at radius 2 is 1.58 bits per heavy atom. The lowest BCUT2D eigenvalue weighted by Crippen LogP contribution is -2.03. The van der Waals surface area contributed by atoms with Crippen molar-refractivity contribution >= 4 is 5.78 Å². The predicted molar refractivity (Wildman–Crippen MR) is 93.0 cm³/mol. The summed E-state index contributed by atoms with van der Waals surface area (Å²) < 4.78 is 5.13. The number of ether oxygens (including phenoxy) is 1. The minimum Gasteiger partial charge on any atom is -0.497 e. The molecule has 24 heavy (non-hydrogen) atoms. The van der Waals surface area contributed by atoms with E-state index in [1.54, 1.807) is 43.5 Å². The van der Waals surface area contributed by atoms with E-state index in [0.717, 1.165) is 11.1 Å². The van der Waals surface area contributed by atoms with Gasteiger partial charge in [0.15, 0.2) is 5.78 Å². The molecule has 0 aliphatic rings. The summed E-state index contributed by atoms with van der Waals surface area (Å²) in [6.45, 7) is 0. The summed E-state index contributed by atoms with van der Waals surface area (Å²) in [5.41, 5.74) is 3.59. The average molecular weight is 313 g/mol. The van der Waals surface area contributed by atoms with Gasteiger partial charge in [0.25, 0.3) is 0 Å². The number of nitrogens with zero attached hydrogens (tertiary/aromatic N) is 1. The van der Waals surface area contributed by atoms with Gasteiger partial charge < -0.3 is 4.74 Å². The molecule has 3 aromatic rings. The first-order valence-corrected chi connectivity index (χ1v) is 7.51. The Morgan fingerprint density at radius 1 is 0.917 bits per heavy atom. The average Bonchev–Trinajstić information content (AvgIpc) is 2.67. The van der Waals surface area contributed by atoms with E-state index >= 15 is 0 Å². The van der Waals surface area contributed by atoms with Crippen molar-refractivity contribution in [2.45, 2.75) is 0 Å². The minimum absolute atomic E-state index is 0.0439. The van der Waals surface area contributed by atoms with Crippen LogP contribution in [0.5, 0.6) is 5.75 Å². The van der Waals surface area contributed by atoms with Crippen LogP contribution >= 0.6 is 0 Å². The molecule has 3 heteroatoms. The molecule has 0 saturated heterocycles. The number of nitriles is 1. The summed E-state index contributed by atoms with van der Waals surface area (Å²) in [4.78, 5) is 12.9. The summed E-state index contributed by atoms with van der Waals surface area (Å²) in [5, 5.41) is 8.92. The van der Waals surface area contributed by atoms with Crippen LogP contribution in [0.15, 0.2) is 72.8 Å². The Hall–Kier alpha value is -3.38. The summed E-state index contributed by atoms with van der Waals surface area (Å²) >= 11 is 0. The van der Waals surface area contributed by atoms with Crippen molar-refractivity contribution in [3.63, 3.8) is 0 Å². The van der Waals surface area contributed by atoms with Crippen LogP contribution in [0.2, 0.25) is 0 Å². The monoisotopic (exact) mass is 313 g/mol. The van der Waals surface area contributed by atoms with Crippen molar-refractivity contribution in [1.29, 1.82) is 5.26 Å². The van der Waals surface area contributed by atoms with Crippen LogP contribution in [-0.2, 0) is 0 Å². The van der Waals surface area contributed by atoms with Gasteiger partial charge in [0.1, 0.15) is 5.75 Å². The molecule has 0 N–H and O–H groups in total. The van der Waals surface area contributed by atoms with Gasteiger partial charge in [-0.1, -0.05) is 36.4 Å². The number of methoxy groups -OCH3 is 1. The Balaban J connectivity index is 2.01. The highest BCUT2D eigenvalue weighted by molar-refractivity contribution is 6.12. The third-order valence-electron chi connectivity index (χ3n) is 3.85. The zero-order valence-electron chi connectivity index (χ0n) is 13.2. The molecule has 3 aromatic carbocycles. The molecule has 0 aliphatic heterocycles. The fraction of sp³-hybridized carbons (Fsp3) is 0.0476. The van der Waals surface area contributed by atoms with Crippen LogP contribution in [0.3, 0.4) is 0 Å². The molecule has 0 amide bonds. The largest absolute Gasteiger partial charge is 0.497 e. The first-order chi connectivity index (χ1) is 11.7. The van der Waals surface area contributed by atoms with E-state index in [1.807, 2.05) is 36.4 Å². The third-order valence-corrected chi connectivity index (χ3v) is 3.85. The molecule has 0 bridgehead atoms. The van der Waals surface area contributed by atoms with Gasteiger partial charge in [-0.25, -0.2) is 0 Å². The topological polar surface area (TPSA) is 50.1 Å². The van der Waals surface area contributed by atoms with Crippen LogP contribution in [0.25, 0.3) is 11.1 Å². The number of benzene rings is 3. The number of ketones is 1. The summed E-state index contributed by atoms with van der Waals surface area (Å²) in [7, 11) is 1.59. The molecule has 3 nitrogen and oxygen atoms in total. The minimum atomic E-state index is -0.0439. The number of carbonyl (C=O) groups excluding carboxylic acids is 1. The number of carbonyl (C=O) groups is 1. The SMILES string of the molecule is COc1ccc(C(=O)c2ccccc2-c2ccc(C#N)cc2)cc1. The fourth-order valence-corrected chi connectivity index (χ4v) is 2.56. The number of hydrogen-bond acceptors (Lipinski definition) is 3. The summed E-state index contributed by atoms with van der Waals surface area (Å²) in [6.07, 6.45) is 0. The van der Waals surface area contributed by atoms with Crippen molar-refractivity contribution in [3.8, 4) is 22.9 Å². The Kier molecular flexibility index (Phi) is 4.40. The zero-order chi connectivity index (χ0) is 16.9. The summed E-state index contributed by atoms with van der Waals surface area (Å²) in [6, 6.07) is 23.9. The van der Waals surface area contributed by atoms with Crippen molar-refractivity contribution in [2.75, 3.05) is 7.11 Å². The van der Waals surface area contributed by atoms with Gasteiger partial charge in [-0.15, -0.1) is 0 Å². The van der Waals surface area contributed by atoms with Crippen LogP contribution in [0.1, 0.15) is 21.5 Å². The lowest BCUT2D eigenvalue weighted by Gasteiger charge is -2.09. The van der Waals surface area contributed by atoms with Crippen LogP contribution in [0, 0.1) is 11.3 Å². The van der Waals surface area contributed by atoms with E-state index in [9.17, 15) is 4.79 Å². The van der Waals surface area contributed by atoms with Crippen molar-refractivity contribution in [3.05, 3.63) is 89.5 Å². The maximum atomic E-state index is 12.9. The molecule has 0 unspecified atom stereocenters. The molecule has 0 spiro atoms. The fourth-order valence-electron chi connectivity index (χ4n) is 2.56. The highest BCUT2D eigenvalue weighted by Crippen LogP contribution is 2.26. The van der Waals surface area contributed by atoms with Gasteiger partial charge in [-0.3, -0.25) is 4.79 Å². The normalized spacial score (nSPS) is 10.0. The number of hydrogen-bond donors (Lipinski definition) is 0. The Labute approximate surface area is 140 Å². The second-order valence-electron chi connectivity index (χ2n) is 5.29. The van der Waals surface area contributed by atoms with Crippen LogP contribution < -0.4 is 4.74 Å². The second-order valence-corrected chi connectivity index (χ2v) is 5.29. The van der Waals surface area contributed by atoms with Gasteiger partial charge >= 0.3 is 0 Å². The van der Waals surface area contributed by atoms with Gasteiger partial charge in [-0.05, 0) is 47.5 Å². The molecular weight excluding hydrogens is 298 g/mol. The molecular formula is C21H15NO2. The molecule has 3 rings (SSSR count). The zero-order valence-corrected chi connectivity index (χ0v) is 13.2. The Morgan fingerprint density at radius 3 is 2.21 bits per heavy atom. The van der Waals surface area contributed by atoms with Crippen LogP contribution in [-0.4, -0.2) is 12.9 Å². The van der Waals surface area contributed by atoms with E-state index in [1.165, 1.54) is 0 Å². The summed E-state index contributed by atoms with van der Waals surface area (Å²) in [5.74, 6) is 0.671. The quantitative estimate of drug-likeness (QED) is 0.668. The molecule has 0 heterocycles. The predicted octanol–water partition coefficient (Wildman–Crippen LogP) is 4.46. The molecule has 0 radical (unpaired) electrons. The maximum absolute atomic E-state index is 12.9. The highest BCUT2D eigenvalue weighted by atomic mass is 16.5. The second kappa shape index (κ2) is 6.80. The van der Waals surface area contributed by atoms with E-state index in [2.05, 4.69) is 6.07 Å². The molecule has 0 aliphatic carbocycles. The molecule has 0 atom stereocenters. The first kappa shape index (κ1) is 15.5. The van der Waals surface area contributed by atoms with Crippen LogP contribution in [0.4, 0.5) is 0 Å². The van der Waals surface area contributed by atoms with Gasteiger partial charge in [-0.2, -0.15) is 5.26 Å². The molecule has 0 fully saturated rings. The Bertz CT molecular complexity index is 904. The van der Waals surface area contributed by atoms with E-state index in [-0.39, 0.29) is 5.78 Å². The first-order valence-electron chi connectivity index (χ1n) is 7.51. The van der Waals surface area contributed by atoms with E-state index in [0.29, 0.717) is 22.4 Å². The van der Waals surface area contributed by atoms with Crippen molar-refractivity contribution in [2.24, 2.45) is 0 Å². The maximum Gasteiger partial charge on any atom is 0.193 e. The van der Waals surface area contributed by atoms with Gasteiger partial charge in [0, 0.05) is 11.1 Å². The van der Waals surface area contributed by atoms with E-state index in [4.69, 9.17) is 10.00 Å². The molecule has 116 valence electrons. The van der Waals surface area contributed by atoms with Crippen molar-refractivity contribution in [1.82, 2.24) is 0 Å². The van der Waals surface area contributed by atoms with Gasteiger partial charge in [0.05, 0.1) is 18.7 Å². The van der Waals surface area contributed by atoms with Crippen molar-refractivity contribution < 1.29 is 9.53 Å². The standard InChI is InChI=1S/C21H15NO2/c1-24-18-12-10-17(11-13-18)21(23)20-5-3-2-4-19(20)16-8-6-15(14-22)7-9-16/h2-13H,1H3. The molecule has 0 saturated carbocycles. The number of rotatable bonds is 4. The lowest BCUT2D eigenvalue weighted by atomic mass is 9.93. The highest BCUT2D eigenvalue weighted by Gasteiger charge is 2.14. The lowest BCUT2D eigenvalue weighted by molar-refractivity contribution is 0.103.